The first-order valence-electron chi connectivity index (χ1n) is 6.30. The molecule has 1 aromatic rings. The number of benzene rings is 1. The van der Waals surface area contributed by atoms with Crippen LogP contribution in [-0.4, -0.2) is 23.5 Å². The van der Waals surface area contributed by atoms with Gasteiger partial charge in [-0.3, -0.25) is 4.79 Å². The van der Waals surface area contributed by atoms with E-state index in [2.05, 4.69) is 12.2 Å². The molecule has 0 fully saturated rings. The minimum atomic E-state index is -0.0335. The summed E-state index contributed by atoms with van der Waals surface area (Å²) in [6.07, 6.45) is 0.992. The topological polar surface area (TPSA) is 55.1 Å². The van der Waals surface area contributed by atoms with Crippen LogP contribution in [0.25, 0.3) is 0 Å². The number of carbonyl (C=O) groups excluding carboxylic acids is 1. The Morgan fingerprint density at radius 1 is 1.50 bits per heavy atom. The third-order valence-corrected chi connectivity index (χ3v) is 3.83. The number of thioether (sulfide) groups is 1. The van der Waals surface area contributed by atoms with Crippen molar-refractivity contribution in [1.82, 2.24) is 5.32 Å². The first kappa shape index (κ1) is 14.9. The minimum absolute atomic E-state index is 0.0335. The highest BCUT2D eigenvalue weighted by atomic mass is 32.2. The van der Waals surface area contributed by atoms with Crippen LogP contribution >= 0.6 is 11.8 Å². The van der Waals surface area contributed by atoms with E-state index in [1.807, 2.05) is 43.8 Å². The number of amides is 1. The molecule has 4 heteroatoms. The SMILES string of the molecule is CCSCCC(C)NC(=O)c1cccc(N)c1C. The van der Waals surface area contributed by atoms with Gasteiger partial charge in [0.1, 0.15) is 0 Å². The van der Waals surface area contributed by atoms with E-state index in [1.165, 1.54) is 0 Å². The van der Waals surface area contributed by atoms with E-state index in [4.69, 9.17) is 5.73 Å². The van der Waals surface area contributed by atoms with Crippen LogP contribution in [0.2, 0.25) is 0 Å². The van der Waals surface area contributed by atoms with Crippen molar-refractivity contribution in [3.63, 3.8) is 0 Å². The maximum atomic E-state index is 12.1. The van der Waals surface area contributed by atoms with Crippen LogP contribution in [0.4, 0.5) is 5.69 Å². The maximum Gasteiger partial charge on any atom is 0.251 e. The first-order valence-corrected chi connectivity index (χ1v) is 7.45. The van der Waals surface area contributed by atoms with Crippen molar-refractivity contribution < 1.29 is 4.79 Å². The molecule has 1 atom stereocenters. The Kier molecular flexibility index (Phi) is 6.05. The molecule has 0 heterocycles. The van der Waals surface area contributed by atoms with E-state index >= 15 is 0 Å². The first-order chi connectivity index (χ1) is 8.56. The summed E-state index contributed by atoms with van der Waals surface area (Å²) in [6, 6.07) is 5.63. The van der Waals surface area contributed by atoms with Gasteiger partial charge in [-0.05, 0) is 49.5 Å². The molecule has 0 aromatic heterocycles. The molecule has 0 saturated carbocycles. The van der Waals surface area contributed by atoms with Gasteiger partial charge in [-0.15, -0.1) is 0 Å². The third-order valence-electron chi connectivity index (χ3n) is 2.90. The molecule has 0 aliphatic heterocycles. The van der Waals surface area contributed by atoms with Crippen molar-refractivity contribution >= 4 is 23.4 Å². The molecule has 18 heavy (non-hydrogen) atoms. The van der Waals surface area contributed by atoms with Gasteiger partial charge < -0.3 is 11.1 Å². The van der Waals surface area contributed by atoms with Gasteiger partial charge in [0.05, 0.1) is 0 Å². The molecular weight excluding hydrogens is 244 g/mol. The summed E-state index contributed by atoms with van der Waals surface area (Å²) < 4.78 is 0. The lowest BCUT2D eigenvalue weighted by atomic mass is 10.1. The molecule has 0 radical (unpaired) electrons. The van der Waals surface area contributed by atoms with Crippen LogP contribution in [0.1, 0.15) is 36.2 Å². The Bertz CT molecular complexity index is 407. The number of hydrogen-bond acceptors (Lipinski definition) is 3. The zero-order valence-corrected chi connectivity index (χ0v) is 12.1. The van der Waals surface area contributed by atoms with Gasteiger partial charge in [0.2, 0.25) is 0 Å². The average molecular weight is 266 g/mol. The quantitative estimate of drug-likeness (QED) is 0.615. The fourth-order valence-corrected chi connectivity index (χ4v) is 2.49. The van der Waals surface area contributed by atoms with E-state index in [1.54, 1.807) is 0 Å². The smallest absolute Gasteiger partial charge is 0.251 e. The fourth-order valence-electron chi connectivity index (χ4n) is 1.68. The molecule has 1 aromatic carbocycles. The Balaban J connectivity index is 2.57. The van der Waals surface area contributed by atoms with E-state index in [9.17, 15) is 4.79 Å². The second-order valence-corrected chi connectivity index (χ2v) is 5.77. The zero-order valence-electron chi connectivity index (χ0n) is 11.3. The van der Waals surface area contributed by atoms with Crippen molar-refractivity contribution in [2.45, 2.75) is 33.2 Å². The van der Waals surface area contributed by atoms with Crippen molar-refractivity contribution in [3.8, 4) is 0 Å². The summed E-state index contributed by atoms with van der Waals surface area (Å²) in [7, 11) is 0. The average Bonchev–Trinajstić information content (AvgIpc) is 2.32. The molecule has 3 N–H and O–H groups in total. The summed E-state index contributed by atoms with van der Waals surface area (Å²) in [5.41, 5.74) is 7.99. The zero-order chi connectivity index (χ0) is 13.5. The summed E-state index contributed by atoms with van der Waals surface area (Å²) >= 11 is 1.89. The second-order valence-electron chi connectivity index (χ2n) is 4.38. The number of anilines is 1. The highest BCUT2D eigenvalue weighted by molar-refractivity contribution is 7.99. The Hall–Kier alpha value is -1.16. The Morgan fingerprint density at radius 3 is 2.89 bits per heavy atom. The van der Waals surface area contributed by atoms with Crippen molar-refractivity contribution in [1.29, 1.82) is 0 Å². The molecular formula is C14H22N2OS. The third kappa shape index (κ3) is 4.26. The minimum Gasteiger partial charge on any atom is -0.398 e. The Morgan fingerprint density at radius 2 is 2.22 bits per heavy atom. The number of nitrogens with two attached hydrogens (primary N) is 1. The van der Waals surface area contributed by atoms with Gasteiger partial charge in [0.15, 0.2) is 0 Å². The second kappa shape index (κ2) is 7.31. The van der Waals surface area contributed by atoms with Gasteiger partial charge in [0, 0.05) is 17.3 Å². The van der Waals surface area contributed by atoms with Crippen LogP contribution in [-0.2, 0) is 0 Å². The summed E-state index contributed by atoms with van der Waals surface area (Å²) in [5, 5.41) is 3.02. The summed E-state index contributed by atoms with van der Waals surface area (Å²) in [5.74, 6) is 2.16. The van der Waals surface area contributed by atoms with E-state index < -0.39 is 0 Å². The normalized spacial score (nSPS) is 12.2. The summed E-state index contributed by atoms with van der Waals surface area (Å²) in [6.45, 7) is 6.06. The summed E-state index contributed by atoms with van der Waals surface area (Å²) in [4.78, 5) is 12.1. The number of carbonyl (C=O) groups is 1. The standard InChI is InChI=1S/C14H22N2OS/c1-4-18-9-8-10(2)16-14(17)12-6-5-7-13(15)11(12)3/h5-7,10H,4,8-9,15H2,1-3H3,(H,16,17). The van der Waals surface area contributed by atoms with Crippen molar-refractivity contribution in [2.24, 2.45) is 0 Å². The van der Waals surface area contributed by atoms with Gasteiger partial charge in [-0.25, -0.2) is 0 Å². The van der Waals surface area contributed by atoms with Crippen molar-refractivity contribution in [2.75, 3.05) is 17.2 Å². The van der Waals surface area contributed by atoms with Crippen LogP contribution in [0.5, 0.6) is 0 Å². The predicted octanol–water partition coefficient (Wildman–Crippen LogP) is 2.84. The highest BCUT2D eigenvalue weighted by Crippen LogP contribution is 2.15. The van der Waals surface area contributed by atoms with Gasteiger partial charge in [-0.2, -0.15) is 11.8 Å². The molecule has 0 aliphatic carbocycles. The lowest BCUT2D eigenvalue weighted by Crippen LogP contribution is -2.33. The molecule has 0 bridgehead atoms. The molecule has 0 saturated heterocycles. The predicted molar refractivity (Wildman–Crippen MR) is 80.1 cm³/mol. The number of rotatable bonds is 6. The van der Waals surface area contributed by atoms with Gasteiger partial charge >= 0.3 is 0 Å². The number of nitrogens with one attached hydrogen (secondary N) is 1. The van der Waals surface area contributed by atoms with E-state index in [0.717, 1.165) is 23.5 Å². The lowest BCUT2D eigenvalue weighted by molar-refractivity contribution is 0.0939. The molecule has 1 unspecified atom stereocenters. The maximum absolute atomic E-state index is 12.1. The van der Waals surface area contributed by atoms with Crippen LogP contribution < -0.4 is 11.1 Å². The van der Waals surface area contributed by atoms with Gasteiger partial charge in [-0.1, -0.05) is 13.0 Å². The lowest BCUT2D eigenvalue weighted by Gasteiger charge is -2.15. The molecule has 0 spiro atoms. The Labute approximate surface area is 114 Å². The van der Waals surface area contributed by atoms with E-state index in [-0.39, 0.29) is 11.9 Å². The van der Waals surface area contributed by atoms with E-state index in [0.29, 0.717) is 11.3 Å². The van der Waals surface area contributed by atoms with Gasteiger partial charge in [0.25, 0.3) is 5.91 Å². The van der Waals surface area contributed by atoms with Crippen LogP contribution in [0.15, 0.2) is 18.2 Å². The molecule has 0 aliphatic rings. The monoisotopic (exact) mass is 266 g/mol. The number of nitrogen functional groups attached to an aromatic ring is 1. The number of hydrogen-bond donors (Lipinski definition) is 2. The van der Waals surface area contributed by atoms with Crippen LogP contribution in [0.3, 0.4) is 0 Å². The fraction of sp³-hybridized carbons (Fsp3) is 0.500. The van der Waals surface area contributed by atoms with Crippen LogP contribution in [0, 0.1) is 6.92 Å². The highest BCUT2D eigenvalue weighted by Gasteiger charge is 2.12. The molecule has 1 amide bonds. The molecule has 1 rings (SSSR count). The van der Waals surface area contributed by atoms with Crippen molar-refractivity contribution in [3.05, 3.63) is 29.3 Å². The largest absolute Gasteiger partial charge is 0.398 e. The molecule has 3 nitrogen and oxygen atoms in total. The molecule has 100 valence electrons.